The molecule has 1 aromatic carbocycles. The summed E-state index contributed by atoms with van der Waals surface area (Å²) in [4.78, 5) is 0.236. The summed E-state index contributed by atoms with van der Waals surface area (Å²) in [6.07, 6.45) is 0. The number of nitrogens with one attached hydrogen (secondary N) is 2. The SMILES string of the molecule is Clc1cc2c(cc1Cl)N[C@H](Br)[C@@H](Br)N2. The van der Waals surface area contributed by atoms with E-state index in [0.717, 1.165) is 11.4 Å². The van der Waals surface area contributed by atoms with Crippen LogP contribution >= 0.6 is 55.1 Å². The maximum absolute atomic E-state index is 5.90. The summed E-state index contributed by atoms with van der Waals surface area (Å²) < 4.78 is 0. The summed E-state index contributed by atoms with van der Waals surface area (Å²) in [5, 5.41) is 7.58. The maximum Gasteiger partial charge on any atom is 0.112 e. The third kappa shape index (κ3) is 1.98. The fraction of sp³-hybridized carbons (Fsp3) is 0.250. The molecule has 0 bridgehead atoms. The number of anilines is 2. The molecule has 6 heteroatoms. The largest absolute Gasteiger partial charge is 0.369 e. The maximum atomic E-state index is 5.90. The summed E-state index contributed by atoms with van der Waals surface area (Å²) in [6, 6.07) is 3.61. The molecule has 14 heavy (non-hydrogen) atoms. The van der Waals surface area contributed by atoms with Gasteiger partial charge in [-0.1, -0.05) is 55.1 Å². The lowest BCUT2D eigenvalue weighted by Crippen LogP contribution is -2.34. The van der Waals surface area contributed by atoms with Gasteiger partial charge in [0.2, 0.25) is 0 Å². The molecule has 2 rings (SSSR count). The minimum Gasteiger partial charge on any atom is -0.369 e. The molecular formula is C8H6Br2Cl2N2. The van der Waals surface area contributed by atoms with Gasteiger partial charge in [0, 0.05) is 0 Å². The van der Waals surface area contributed by atoms with Gasteiger partial charge >= 0.3 is 0 Å². The molecule has 0 fully saturated rings. The van der Waals surface area contributed by atoms with Crippen LogP contribution in [0, 0.1) is 0 Å². The van der Waals surface area contributed by atoms with Gasteiger partial charge in [-0.15, -0.1) is 0 Å². The van der Waals surface area contributed by atoms with E-state index in [1.807, 2.05) is 0 Å². The quantitative estimate of drug-likeness (QED) is 0.533. The molecule has 1 heterocycles. The van der Waals surface area contributed by atoms with E-state index < -0.39 is 0 Å². The predicted octanol–water partition coefficient (Wildman–Crippen LogP) is 4.27. The Morgan fingerprint density at radius 2 is 1.29 bits per heavy atom. The summed E-state index contributed by atoms with van der Waals surface area (Å²) in [6.45, 7) is 0. The molecule has 1 aliphatic rings. The zero-order chi connectivity index (χ0) is 10.3. The van der Waals surface area contributed by atoms with Gasteiger partial charge in [-0.25, -0.2) is 0 Å². The van der Waals surface area contributed by atoms with Crippen molar-refractivity contribution < 1.29 is 0 Å². The van der Waals surface area contributed by atoms with E-state index in [2.05, 4.69) is 42.5 Å². The summed E-state index contributed by atoms with van der Waals surface area (Å²) in [5.74, 6) is 0. The van der Waals surface area contributed by atoms with E-state index in [9.17, 15) is 0 Å². The van der Waals surface area contributed by atoms with Crippen molar-refractivity contribution in [1.82, 2.24) is 0 Å². The number of rotatable bonds is 0. The third-order valence-electron chi connectivity index (χ3n) is 1.90. The normalized spacial score (nSPS) is 24.9. The number of halogens is 4. The number of benzene rings is 1. The molecule has 0 saturated carbocycles. The molecule has 0 unspecified atom stereocenters. The lowest BCUT2D eigenvalue weighted by molar-refractivity contribution is 0.955. The van der Waals surface area contributed by atoms with Gasteiger partial charge in [0.15, 0.2) is 0 Å². The first-order chi connectivity index (χ1) is 6.58. The topological polar surface area (TPSA) is 24.1 Å². The Morgan fingerprint density at radius 1 is 0.929 bits per heavy atom. The molecule has 0 spiro atoms. The van der Waals surface area contributed by atoms with E-state index >= 15 is 0 Å². The van der Waals surface area contributed by atoms with Crippen molar-refractivity contribution in [2.75, 3.05) is 10.6 Å². The van der Waals surface area contributed by atoms with Crippen molar-refractivity contribution in [2.24, 2.45) is 0 Å². The zero-order valence-electron chi connectivity index (χ0n) is 6.82. The molecule has 0 saturated heterocycles. The molecule has 0 amide bonds. The summed E-state index contributed by atoms with van der Waals surface area (Å²) in [7, 11) is 0. The first-order valence-corrected chi connectivity index (χ1v) is 6.47. The highest BCUT2D eigenvalue weighted by Crippen LogP contribution is 2.37. The number of hydrogen-bond acceptors (Lipinski definition) is 2. The van der Waals surface area contributed by atoms with Gasteiger partial charge in [0.1, 0.15) is 9.90 Å². The standard InChI is InChI=1S/C8H6Br2Cl2N2/c9-7-8(10)14-6-2-4(12)3(11)1-5(6)13-7/h1-2,7-8,13-14H/t7-,8-/m0/s1. The van der Waals surface area contributed by atoms with Crippen LogP contribution in [0.1, 0.15) is 0 Å². The first kappa shape index (κ1) is 10.9. The molecule has 2 N–H and O–H groups in total. The number of fused-ring (bicyclic) bond motifs is 1. The Bertz CT molecular complexity index is 338. The Labute approximate surface area is 109 Å². The van der Waals surface area contributed by atoms with E-state index in [1.54, 1.807) is 12.1 Å². The fourth-order valence-electron chi connectivity index (χ4n) is 1.23. The van der Waals surface area contributed by atoms with Gasteiger partial charge < -0.3 is 10.6 Å². The fourth-order valence-corrected chi connectivity index (χ4v) is 2.31. The average molecular weight is 361 g/mol. The van der Waals surface area contributed by atoms with Crippen molar-refractivity contribution in [3.05, 3.63) is 22.2 Å². The van der Waals surface area contributed by atoms with Crippen molar-refractivity contribution >= 4 is 66.4 Å². The van der Waals surface area contributed by atoms with Crippen LogP contribution in [-0.4, -0.2) is 9.90 Å². The average Bonchev–Trinajstić information content (AvgIpc) is 2.11. The van der Waals surface area contributed by atoms with Crippen LogP contribution in [0.4, 0.5) is 11.4 Å². The summed E-state index contributed by atoms with van der Waals surface area (Å²) in [5.41, 5.74) is 1.88. The second-order valence-corrected chi connectivity index (χ2v) is 5.69. The summed E-state index contributed by atoms with van der Waals surface area (Å²) >= 11 is 18.7. The van der Waals surface area contributed by atoms with Gasteiger partial charge in [-0.3, -0.25) is 0 Å². The molecule has 2 nitrogen and oxygen atoms in total. The van der Waals surface area contributed by atoms with E-state index in [0.29, 0.717) is 10.0 Å². The van der Waals surface area contributed by atoms with E-state index in [1.165, 1.54) is 0 Å². The van der Waals surface area contributed by atoms with Crippen LogP contribution in [0.25, 0.3) is 0 Å². The lowest BCUT2D eigenvalue weighted by Gasteiger charge is -2.29. The van der Waals surface area contributed by atoms with Gasteiger partial charge in [-0.2, -0.15) is 0 Å². The molecule has 1 aliphatic heterocycles. The van der Waals surface area contributed by atoms with Gasteiger partial charge in [-0.05, 0) is 12.1 Å². The minimum absolute atomic E-state index is 0.118. The molecule has 76 valence electrons. The molecule has 0 aromatic heterocycles. The van der Waals surface area contributed by atoms with Crippen LogP contribution < -0.4 is 10.6 Å². The smallest absolute Gasteiger partial charge is 0.112 e. The van der Waals surface area contributed by atoms with Gasteiger partial charge in [0.25, 0.3) is 0 Å². The van der Waals surface area contributed by atoms with Crippen molar-refractivity contribution in [3.63, 3.8) is 0 Å². The first-order valence-electron chi connectivity index (χ1n) is 3.88. The molecular weight excluding hydrogens is 355 g/mol. The molecule has 2 atom stereocenters. The minimum atomic E-state index is 0.118. The Morgan fingerprint density at radius 3 is 1.64 bits per heavy atom. The van der Waals surface area contributed by atoms with E-state index in [-0.39, 0.29) is 9.90 Å². The Hall–Kier alpha value is 0.360. The zero-order valence-corrected chi connectivity index (χ0v) is 11.5. The van der Waals surface area contributed by atoms with Crippen LogP contribution in [0.15, 0.2) is 12.1 Å². The Kier molecular flexibility index (Phi) is 3.17. The molecule has 1 aromatic rings. The monoisotopic (exact) mass is 358 g/mol. The van der Waals surface area contributed by atoms with Gasteiger partial charge in [0.05, 0.1) is 21.4 Å². The second kappa shape index (κ2) is 4.08. The highest BCUT2D eigenvalue weighted by Gasteiger charge is 2.23. The van der Waals surface area contributed by atoms with Crippen molar-refractivity contribution in [2.45, 2.75) is 9.90 Å². The van der Waals surface area contributed by atoms with Crippen molar-refractivity contribution in [1.29, 1.82) is 0 Å². The predicted molar refractivity (Wildman–Crippen MR) is 69.1 cm³/mol. The highest BCUT2D eigenvalue weighted by atomic mass is 79.9. The van der Waals surface area contributed by atoms with Crippen LogP contribution in [0.3, 0.4) is 0 Å². The number of alkyl halides is 2. The van der Waals surface area contributed by atoms with Crippen LogP contribution in [-0.2, 0) is 0 Å². The number of hydrogen-bond donors (Lipinski definition) is 2. The highest BCUT2D eigenvalue weighted by molar-refractivity contribution is 9.12. The second-order valence-electron chi connectivity index (χ2n) is 2.90. The van der Waals surface area contributed by atoms with Crippen LogP contribution in [0.5, 0.6) is 0 Å². The Balaban J connectivity index is 2.42. The molecule has 0 radical (unpaired) electrons. The van der Waals surface area contributed by atoms with E-state index in [4.69, 9.17) is 23.2 Å². The van der Waals surface area contributed by atoms with Crippen LogP contribution in [0.2, 0.25) is 10.0 Å². The third-order valence-corrected chi connectivity index (χ3v) is 4.85. The molecule has 0 aliphatic carbocycles. The van der Waals surface area contributed by atoms with Crippen molar-refractivity contribution in [3.8, 4) is 0 Å². The lowest BCUT2D eigenvalue weighted by atomic mass is 10.2.